The van der Waals surface area contributed by atoms with Gasteiger partial charge in [-0.1, -0.05) is 0 Å². The Kier molecular flexibility index (Phi) is 3.41. The van der Waals surface area contributed by atoms with Gasteiger partial charge in [0.2, 0.25) is 0 Å². The summed E-state index contributed by atoms with van der Waals surface area (Å²) in [6.45, 7) is 1.73. The summed E-state index contributed by atoms with van der Waals surface area (Å²) in [6, 6.07) is 1.65. The van der Waals surface area contributed by atoms with Crippen molar-refractivity contribution in [2.24, 2.45) is 0 Å². The molecule has 0 radical (unpaired) electrons. The number of rotatable bonds is 1. The van der Waals surface area contributed by atoms with Crippen molar-refractivity contribution in [1.82, 2.24) is 4.90 Å². The van der Waals surface area contributed by atoms with Crippen LogP contribution in [0, 0.1) is 12.1 Å². The molecule has 98 valence electrons. The SMILES string of the molecule is Cc1cc(OC(=O)N(C)C)c2c([n+]1[O-])CCCC2. The summed E-state index contributed by atoms with van der Waals surface area (Å²) >= 11 is 0. The quantitative estimate of drug-likeness (QED) is 0.561. The van der Waals surface area contributed by atoms with Crippen LogP contribution in [-0.2, 0) is 12.8 Å². The monoisotopic (exact) mass is 250 g/mol. The molecule has 0 saturated carbocycles. The zero-order valence-corrected chi connectivity index (χ0v) is 11.0. The Balaban J connectivity index is 2.41. The molecule has 5 heteroatoms. The highest BCUT2D eigenvalue weighted by molar-refractivity contribution is 5.70. The molecule has 0 fully saturated rings. The molecule has 1 aliphatic rings. The third-order valence-corrected chi connectivity index (χ3v) is 3.20. The minimum atomic E-state index is -0.411. The van der Waals surface area contributed by atoms with Crippen LogP contribution in [0.5, 0.6) is 5.75 Å². The number of carbonyl (C=O) groups is 1. The van der Waals surface area contributed by atoms with Crippen molar-refractivity contribution >= 4 is 6.09 Å². The van der Waals surface area contributed by atoms with Gasteiger partial charge in [-0.3, -0.25) is 0 Å². The Bertz CT molecular complexity index is 484. The molecule has 1 aliphatic carbocycles. The summed E-state index contributed by atoms with van der Waals surface area (Å²) in [5, 5.41) is 12.0. The van der Waals surface area contributed by atoms with E-state index in [1.165, 1.54) is 4.90 Å². The first kappa shape index (κ1) is 12.7. The minimum Gasteiger partial charge on any atom is -0.618 e. The van der Waals surface area contributed by atoms with Crippen LogP contribution < -0.4 is 9.47 Å². The predicted molar refractivity (Wildman–Crippen MR) is 66.5 cm³/mol. The lowest BCUT2D eigenvalue weighted by atomic mass is 9.95. The highest BCUT2D eigenvalue weighted by Crippen LogP contribution is 2.28. The molecule has 1 amide bonds. The van der Waals surface area contributed by atoms with Gasteiger partial charge in [-0.05, 0) is 19.3 Å². The van der Waals surface area contributed by atoms with Crippen molar-refractivity contribution in [3.05, 3.63) is 28.2 Å². The standard InChI is InChI=1S/C13H18N2O3/c1-9-8-12(18-13(16)14(2)3)10-6-4-5-7-11(10)15(9)17/h8H,4-7H2,1-3H3. The fourth-order valence-corrected chi connectivity index (χ4v) is 2.20. The van der Waals surface area contributed by atoms with Gasteiger partial charge in [0.05, 0.1) is 5.56 Å². The van der Waals surface area contributed by atoms with Gasteiger partial charge in [0.1, 0.15) is 5.75 Å². The second kappa shape index (κ2) is 4.84. The Morgan fingerprint density at radius 2 is 2.06 bits per heavy atom. The number of aromatic nitrogens is 1. The molecule has 0 atom stereocenters. The molecule has 1 heterocycles. The maximum absolute atomic E-state index is 12.0. The highest BCUT2D eigenvalue weighted by Gasteiger charge is 2.25. The summed E-state index contributed by atoms with van der Waals surface area (Å²) < 4.78 is 6.30. The molecule has 0 bridgehead atoms. The number of fused-ring (bicyclic) bond motifs is 1. The summed E-state index contributed by atoms with van der Waals surface area (Å²) in [4.78, 5) is 13.0. The normalized spacial score (nSPS) is 13.9. The first-order valence-electron chi connectivity index (χ1n) is 6.14. The van der Waals surface area contributed by atoms with Crippen molar-refractivity contribution < 1.29 is 14.3 Å². The first-order valence-corrected chi connectivity index (χ1v) is 6.14. The lowest BCUT2D eigenvalue weighted by Gasteiger charge is -2.20. The van der Waals surface area contributed by atoms with E-state index in [1.54, 1.807) is 27.1 Å². The van der Waals surface area contributed by atoms with E-state index >= 15 is 0 Å². The first-order chi connectivity index (χ1) is 8.50. The van der Waals surface area contributed by atoms with Gasteiger partial charge in [0, 0.05) is 33.5 Å². The molecule has 0 aromatic carbocycles. The maximum atomic E-state index is 12.0. The molecule has 2 rings (SSSR count). The van der Waals surface area contributed by atoms with Gasteiger partial charge >= 0.3 is 6.09 Å². The van der Waals surface area contributed by atoms with E-state index in [0.29, 0.717) is 11.4 Å². The van der Waals surface area contributed by atoms with E-state index in [2.05, 4.69) is 0 Å². The molecule has 0 N–H and O–H groups in total. The van der Waals surface area contributed by atoms with Crippen molar-refractivity contribution in [3.8, 4) is 5.75 Å². The molecule has 0 unspecified atom stereocenters. The number of hydrogen-bond acceptors (Lipinski definition) is 3. The molecule has 0 spiro atoms. The van der Waals surface area contributed by atoms with E-state index in [1.807, 2.05) is 0 Å². The van der Waals surface area contributed by atoms with Crippen LogP contribution in [0.2, 0.25) is 0 Å². The van der Waals surface area contributed by atoms with Gasteiger partial charge in [-0.25, -0.2) is 4.79 Å². The number of amides is 1. The van der Waals surface area contributed by atoms with Crippen LogP contribution in [0.1, 0.15) is 29.8 Å². The topological polar surface area (TPSA) is 56.5 Å². The number of carbonyl (C=O) groups excluding carboxylic acids is 1. The van der Waals surface area contributed by atoms with E-state index in [-0.39, 0.29) is 0 Å². The van der Waals surface area contributed by atoms with Gasteiger partial charge in [0.15, 0.2) is 11.4 Å². The zero-order valence-electron chi connectivity index (χ0n) is 11.0. The van der Waals surface area contributed by atoms with Crippen LogP contribution in [0.15, 0.2) is 6.07 Å². The summed E-state index contributed by atoms with van der Waals surface area (Å²) in [5.74, 6) is 0.535. The Hall–Kier alpha value is -1.78. The van der Waals surface area contributed by atoms with Crippen molar-refractivity contribution in [2.75, 3.05) is 14.1 Å². The number of aryl methyl sites for hydroxylation is 1. The third kappa shape index (κ3) is 2.25. The van der Waals surface area contributed by atoms with Gasteiger partial charge in [-0.15, -0.1) is 0 Å². The van der Waals surface area contributed by atoms with Gasteiger partial charge < -0.3 is 14.8 Å². The minimum absolute atomic E-state index is 0.411. The fraction of sp³-hybridized carbons (Fsp3) is 0.538. The molecule has 1 aromatic rings. The lowest BCUT2D eigenvalue weighted by Crippen LogP contribution is -2.38. The van der Waals surface area contributed by atoms with Crippen molar-refractivity contribution in [3.63, 3.8) is 0 Å². The molecule has 0 aliphatic heterocycles. The van der Waals surface area contributed by atoms with Crippen molar-refractivity contribution in [1.29, 1.82) is 0 Å². The predicted octanol–water partition coefficient (Wildman–Crippen LogP) is 1.57. The van der Waals surface area contributed by atoms with Gasteiger partial charge in [0.25, 0.3) is 0 Å². The number of pyridine rings is 1. The smallest absolute Gasteiger partial charge is 0.414 e. The zero-order chi connectivity index (χ0) is 13.3. The lowest BCUT2D eigenvalue weighted by molar-refractivity contribution is -0.621. The third-order valence-electron chi connectivity index (χ3n) is 3.20. The highest BCUT2D eigenvalue weighted by atomic mass is 16.6. The van der Waals surface area contributed by atoms with E-state index < -0.39 is 6.09 Å². The second-order valence-electron chi connectivity index (χ2n) is 4.84. The van der Waals surface area contributed by atoms with Gasteiger partial charge in [-0.2, -0.15) is 4.73 Å². The average Bonchev–Trinajstić information content (AvgIpc) is 2.35. The average molecular weight is 250 g/mol. The van der Waals surface area contributed by atoms with Crippen LogP contribution >= 0.6 is 0 Å². The Morgan fingerprint density at radius 1 is 1.39 bits per heavy atom. The van der Waals surface area contributed by atoms with E-state index in [4.69, 9.17) is 4.74 Å². The maximum Gasteiger partial charge on any atom is 0.414 e. The van der Waals surface area contributed by atoms with Crippen LogP contribution in [0.4, 0.5) is 4.79 Å². The summed E-state index contributed by atoms with van der Waals surface area (Å²) in [6.07, 6.45) is 3.19. The fourth-order valence-electron chi connectivity index (χ4n) is 2.20. The molecule has 18 heavy (non-hydrogen) atoms. The molecular weight excluding hydrogens is 232 g/mol. The Labute approximate surface area is 107 Å². The van der Waals surface area contributed by atoms with Crippen LogP contribution in [0.3, 0.4) is 0 Å². The van der Waals surface area contributed by atoms with Crippen LogP contribution in [0.25, 0.3) is 0 Å². The van der Waals surface area contributed by atoms with Crippen molar-refractivity contribution in [2.45, 2.75) is 32.6 Å². The second-order valence-corrected chi connectivity index (χ2v) is 4.84. The number of nitrogens with zero attached hydrogens (tertiary/aromatic N) is 2. The number of hydrogen-bond donors (Lipinski definition) is 0. The largest absolute Gasteiger partial charge is 0.618 e. The van der Waals surface area contributed by atoms with E-state index in [9.17, 15) is 10.0 Å². The summed E-state index contributed by atoms with van der Waals surface area (Å²) in [7, 11) is 3.27. The summed E-state index contributed by atoms with van der Waals surface area (Å²) in [5.41, 5.74) is 2.21. The molecule has 0 saturated heterocycles. The van der Waals surface area contributed by atoms with Crippen LogP contribution in [-0.4, -0.2) is 25.1 Å². The molecular formula is C13H18N2O3. The molecule has 1 aromatic heterocycles. The van der Waals surface area contributed by atoms with E-state index in [0.717, 1.165) is 41.7 Å². The number of ether oxygens (including phenoxy) is 1. The Morgan fingerprint density at radius 3 is 2.72 bits per heavy atom. The molecule has 5 nitrogen and oxygen atoms in total.